The molecule has 1 amide bonds. The molecular formula is C42H48N3O13S4+. The lowest BCUT2D eigenvalue weighted by Gasteiger charge is -2.26. The largest absolute Gasteiger partial charge is 0.359 e. The van der Waals surface area contributed by atoms with Crippen LogP contribution in [-0.2, 0) is 56.1 Å². The van der Waals surface area contributed by atoms with Crippen LogP contribution in [0.3, 0.4) is 0 Å². The standard InChI is InChI=1S/C42H47N3O13S4/c1-7-44-32-19-17-28-30(22-26(59(47,48)49)24-34(28)61(53,54)55)39(32)41(2,3)36(44)14-10-8-11-15-37-42(4,5)40-31-23-27(60(50,51)52)25-35(62(56,57)58)29(31)18-20-33(40)45(37)21-13-9-12-16-38(46)43-6/h8,10-11,14-15,17-20,22-25H,7,9,12-13,16,21H2,1-6H3,(H4-,43,46,47,48,49,50,51,52,53,54,55,56,57,58)/p+1. The van der Waals surface area contributed by atoms with Gasteiger partial charge in [-0.1, -0.05) is 38.1 Å². The highest BCUT2D eigenvalue weighted by molar-refractivity contribution is 7.87. The maximum atomic E-state index is 12.5. The first-order chi connectivity index (χ1) is 28.6. The summed E-state index contributed by atoms with van der Waals surface area (Å²) < 4.78 is 141. The quantitative estimate of drug-likeness (QED) is 0.0393. The number of likely N-dealkylation sites (N-methyl/N-ethyl adjacent to an activating group) is 1. The first-order valence-electron chi connectivity index (χ1n) is 19.5. The molecule has 0 saturated heterocycles. The molecule has 332 valence electrons. The highest BCUT2D eigenvalue weighted by atomic mass is 32.2. The molecular weight excluding hydrogens is 883 g/mol. The van der Waals surface area contributed by atoms with E-state index < -0.39 is 70.9 Å². The second-order valence-electron chi connectivity index (χ2n) is 16.2. The summed E-state index contributed by atoms with van der Waals surface area (Å²) in [4.78, 5) is 11.1. The number of carbonyl (C=O) groups excluding carboxylic acids is 1. The molecule has 0 unspecified atom stereocenters. The molecule has 6 rings (SSSR count). The van der Waals surface area contributed by atoms with E-state index in [-0.39, 0.29) is 27.5 Å². The van der Waals surface area contributed by atoms with Gasteiger partial charge >= 0.3 is 0 Å². The number of allylic oxidation sites excluding steroid dienone is 6. The summed E-state index contributed by atoms with van der Waals surface area (Å²) in [7, 11) is -18.1. The van der Waals surface area contributed by atoms with E-state index in [9.17, 15) is 56.7 Å². The molecule has 2 aliphatic heterocycles. The summed E-state index contributed by atoms with van der Waals surface area (Å²) in [5.74, 6) is -0.0804. The molecule has 0 bridgehead atoms. The van der Waals surface area contributed by atoms with Gasteiger partial charge in [0.25, 0.3) is 40.5 Å². The number of nitrogens with one attached hydrogen (secondary N) is 1. The van der Waals surface area contributed by atoms with Gasteiger partial charge in [-0.25, -0.2) is 0 Å². The van der Waals surface area contributed by atoms with E-state index in [1.54, 1.807) is 37.4 Å². The van der Waals surface area contributed by atoms with Crippen LogP contribution in [0, 0.1) is 0 Å². The monoisotopic (exact) mass is 930 g/mol. The average molecular weight is 931 g/mol. The molecule has 0 fully saturated rings. The highest BCUT2D eigenvalue weighted by Gasteiger charge is 2.46. The van der Waals surface area contributed by atoms with Gasteiger partial charge in [0.2, 0.25) is 11.6 Å². The Kier molecular flexibility index (Phi) is 12.3. The molecule has 0 radical (unpaired) electrons. The third-order valence-corrected chi connectivity index (χ3v) is 15.0. The maximum Gasteiger partial charge on any atom is 0.295 e. The third kappa shape index (κ3) is 8.61. The summed E-state index contributed by atoms with van der Waals surface area (Å²) in [6.45, 7) is 10.4. The number of carbonyl (C=O) groups is 1. The molecule has 2 aliphatic rings. The van der Waals surface area contributed by atoms with Gasteiger partial charge in [-0.15, -0.1) is 0 Å². The van der Waals surface area contributed by atoms with E-state index in [0.717, 1.165) is 23.5 Å². The lowest BCUT2D eigenvalue weighted by atomic mass is 9.79. The Morgan fingerprint density at radius 3 is 1.74 bits per heavy atom. The molecule has 0 saturated carbocycles. The van der Waals surface area contributed by atoms with E-state index >= 15 is 0 Å². The Balaban J connectivity index is 1.44. The fourth-order valence-corrected chi connectivity index (χ4v) is 11.5. The zero-order valence-electron chi connectivity index (χ0n) is 34.7. The Labute approximate surface area is 361 Å². The van der Waals surface area contributed by atoms with Crippen molar-refractivity contribution in [2.45, 2.75) is 90.7 Å². The Morgan fingerprint density at radius 1 is 0.677 bits per heavy atom. The van der Waals surface area contributed by atoms with Crippen LogP contribution in [0.5, 0.6) is 0 Å². The van der Waals surface area contributed by atoms with Crippen LogP contribution in [0.2, 0.25) is 0 Å². The topological polar surface area (TPSA) is 253 Å². The average Bonchev–Trinajstić information content (AvgIpc) is 3.53. The van der Waals surface area contributed by atoms with Crippen LogP contribution < -0.4 is 10.2 Å². The van der Waals surface area contributed by atoms with Crippen LogP contribution >= 0.6 is 0 Å². The number of benzene rings is 4. The van der Waals surface area contributed by atoms with Crippen LogP contribution in [0.1, 0.15) is 71.4 Å². The number of hydrogen-bond donors (Lipinski definition) is 5. The number of fused-ring (bicyclic) bond motifs is 6. The minimum atomic E-state index is -4.94. The lowest BCUT2D eigenvalue weighted by Crippen LogP contribution is -2.28. The molecule has 2 heterocycles. The zero-order valence-corrected chi connectivity index (χ0v) is 38.0. The zero-order chi connectivity index (χ0) is 46.0. The SMILES string of the molecule is CCN1\C(=C/C=C/C=C/C2=[N+](CCCCCC(=O)NC)c3ccc4c(S(=O)(=O)O)cc(S(=O)(=O)O)cc4c3C2(C)C)C(C)(C)c2c1ccc1c(S(=O)(=O)O)cc(S(=O)(=O)O)cc21. The summed E-state index contributed by atoms with van der Waals surface area (Å²) >= 11 is 0. The third-order valence-electron chi connectivity index (χ3n) is 11.6. The Bertz CT molecular complexity index is 3150. The lowest BCUT2D eigenvalue weighted by molar-refractivity contribution is -0.438. The van der Waals surface area contributed by atoms with Gasteiger partial charge in [0.1, 0.15) is 16.3 Å². The first kappa shape index (κ1) is 46.7. The van der Waals surface area contributed by atoms with Gasteiger partial charge in [0.15, 0.2) is 5.71 Å². The predicted molar refractivity (Wildman–Crippen MR) is 235 cm³/mol. The molecule has 4 aromatic carbocycles. The molecule has 0 atom stereocenters. The van der Waals surface area contributed by atoms with Crippen LogP contribution in [0.4, 0.5) is 11.4 Å². The molecule has 0 aromatic heterocycles. The molecule has 16 nitrogen and oxygen atoms in total. The fraction of sp³-hybridized carbons (Fsp3) is 0.333. The predicted octanol–water partition coefficient (Wildman–Crippen LogP) is 6.48. The first-order valence-corrected chi connectivity index (χ1v) is 25.2. The van der Waals surface area contributed by atoms with Gasteiger partial charge in [-0.2, -0.15) is 38.2 Å². The van der Waals surface area contributed by atoms with Gasteiger partial charge in [0, 0.05) is 71.7 Å². The van der Waals surface area contributed by atoms with Gasteiger partial charge < -0.3 is 10.2 Å². The van der Waals surface area contributed by atoms with Crippen LogP contribution in [0.25, 0.3) is 21.5 Å². The summed E-state index contributed by atoms with van der Waals surface area (Å²) in [6.07, 6.45) is 11.4. The number of rotatable bonds is 14. The maximum absolute atomic E-state index is 12.5. The van der Waals surface area contributed by atoms with Crippen molar-refractivity contribution >= 4 is 85.0 Å². The van der Waals surface area contributed by atoms with Gasteiger partial charge in [0.05, 0.1) is 15.2 Å². The number of nitrogens with zero attached hydrogens (tertiary/aromatic N) is 2. The van der Waals surface area contributed by atoms with Crippen molar-refractivity contribution in [1.29, 1.82) is 0 Å². The van der Waals surface area contributed by atoms with E-state index in [1.807, 2.05) is 56.2 Å². The van der Waals surface area contributed by atoms with Crippen molar-refractivity contribution in [3.8, 4) is 0 Å². The normalized spacial score (nSPS) is 17.3. The minimum Gasteiger partial charge on any atom is -0.359 e. The summed E-state index contributed by atoms with van der Waals surface area (Å²) in [5, 5.41) is 3.16. The van der Waals surface area contributed by atoms with Crippen LogP contribution in [0.15, 0.2) is 104 Å². The molecule has 4 aromatic rings. The number of anilines is 1. The van der Waals surface area contributed by atoms with Crippen molar-refractivity contribution in [1.82, 2.24) is 5.32 Å². The molecule has 20 heteroatoms. The summed E-state index contributed by atoms with van der Waals surface area (Å²) in [6, 6.07) is 10.2. The molecule has 0 spiro atoms. The van der Waals surface area contributed by atoms with E-state index in [1.165, 1.54) is 24.3 Å². The number of unbranched alkanes of at least 4 members (excludes halogenated alkanes) is 2. The number of amides is 1. The Hall–Kier alpha value is -4.80. The summed E-state index contributed by atoms with van der Waals surface area (Å²) in [5.41, 5.74) is 2.24. The van der Waals surface area contributed by atoms with E-state index in [0.29, 0.717) is 61.3 Å². The smallest absolute Gasteiger partial charge is 0.295 e. The van der Waals surface area contributed by atoms with Gasteiger partial charge in [-0.05, 0) is 92.4 Å². The fourth-order valence-electron chi connectivity index (χ4n) is 8.80. The molecule has 62 heavy (non-hydrogen) atoms. The number of hydrogen-bond acceptors (Lipinski definition) is 10. The Morgan fingerprint density at radius 2 is 1.23 bits per heavy atom. The van der Waals surface area contributed by atoms with Crippen molar-refractivity contribution in [2.75, 3.05) is 25.0 Å². The second kappa shape index (κ2) is 16.4. The second-order valence-corrected chi connectivity index (χ2v) is 21.8. The van der Waals surface area contributed by atoms with Crippen molar-refractivity contribution in [3.63, 3.8) is 0 Å². The highest BCUT2D eigenvalue weighted by Crippen LogP contribution is 2.52. The van der Waals surface area contributed by atoms with E-state index in [2.05, 4.69) is 5.32 Å². The van der Waals surface area contributed by atoms with E-state index in [4.69, 9.17) is 0 Å². The van der Waals surface area contributed by atoms with Crippen molar-refractivity contribution in [3.05, 3.63) is 95.7 Å². The van der Waals surface area contributed by atoms with Crippen molar-refractivity contribution < 1.29 is 61.3 Å². The molecule has 5 N–H and O–H groups in total. The van der Waals surface area contributed by atoms with Crippen LogP contribution in [-0.4, -0.2) is 88.2 Å². The minimum absolute atomic E-state index is 0.0610. The molecule has 0 aliphatic carbocycles. The van der Waals surface area contributed by atoms with Gasteiger partial charge in [-0.3, -0.25) is 23.0 Å². The van der Waals surface area contributed by atoms with Crippen molar-refractivity contribution in [2.24, 2.45) is 0 Å².